The zero-order chi connectivity index (χ0) is 14.8. The molecule has 3 unspecified atom stereocenters. The molecule has 1 aliphatic heterocycles. The summed E-state index contributed by atoms with van der Waals surface area (Å²) in [6.07, 6.45) is 3.47. The first kappa shape index (κ1) is 15.7. The van der Waals surface area contributed by atoms with Gasteiger partial charge in [0.15, 0.2) is 0 Å². The Kier molecular flexibility index (Phi) is 5.04. The van der Waals surface area contributed by atoms with E-state index in [-0.39, 0.29) is 12.1 Å². The van der Waals surface area contributed by atoms with Crippen LogP contribution in [-0.2, 0) is 14.3 Å². The molecule has 1 aliphatic carbocycles. The maximum atomic E-state index is 12.4. The molecule has 1 heterocycles. The molecule has 2 aliphatic rings. The largest absolute Gasteiger partial charge is 0.468 e. The lowest BCUT2D eigenvalue weighted by molar-refractivity contribution is -0.151. The smallest absolute Gasteiger partial charge is 0.327 e. The first-order chi connectivity index (χ1) is 9.55. The van der Waals surface area contributed by atoms with Crippen LogP contribution in [-0.4, -0.2) is 62.4 Å². The number of esters is 1. The van der Waals surface area contributed by atoms with E-state index in [0.717, 1.165) is 32.4 Å². The summed E-state index contributed by atoms with van der Waals surface area (Å²) >= 11 is 0. The first-order valence-corrected chi connectivity index (χ1v) is 7.70. The van der Waals surface area contributed by atoms with Crippen LogP contribution >= 0.6 is 0 Å². The molecular formula is C15H28N2O3. The lowest BCUT2D eigenvalue weighted by atomic mass is 9.91. The van der Waals surface area contributed by atoms with E-state index in [1.807, 2.05) is 6.92 Å². The standard InChI is InChI=1S/C15H28N2O3/c1-5-16-15(12-6-7-12,14(18)19-4)10-17(3)13-8-9-20-11(13)2/h11-13,16H,5-10H2,1-4H3. The van der Waals surface area contributed by atoms with Crippen molar-refractivity contribution in [1.82, 2.24) is 10.2 Å². The molecule has 0 aromatic heterocycles. The van der Waals surface area contributed by atoms with Gasteiger partial charge in [-0.05, 0) is 45.7 Å². The monoisotopic (exact) mass is 284 g/mol. The molecular weight excluding hydrogens is 256 g/mol. The Morgan fingerprint density at radius 2 is 2.15 bits per heavy atom. The molecule has 0 amide bonds. The highest BCUT2D eigenvalue weighted by molar-refractivity contribution is 5.82. The van der Waals surface area contributed by atoms with Crippen LogP contribution in [0.15, 0.2) is 0 Å². The van der Waals surface area contributed by atoms with Gasteiger partial charge in [0, 0.05) is 19.2 Å². The molecule has 1 saturated heterocycles. The topological polar surface area (TPSA) is 50.8 Å². The molecule has 116 valence electrons. The van der Waals surface area contributed by atoms with E-state index in [1.165, 1.54) is 7.11 Å². The Morgan fingerprint density at radius 3 is 2.60 bits per heavy atom. The molecule has 0 aromatic carbocycles. The predicted octanol–water partition coefficient (Wildman–Crippen LogP) is 1.03. The maximum Gasteiger partial charge on any atom is 0.327 e. The second-order valence-corrected chi connectivity index (χ2v) is 6.11. The van der Waals surface area contributed by atoms with Crippen molar-refractivity contribution in [3.8, 4) is 0 Å². The molecule has 0 spiro atoms. The van der Waals surface area contributed by atoms with E-state index < -0.39 is 5.54 Å². The Labute approximate surface area is 122 Å². The summed E-state index contributed by atoms with van der Waals surface area (Å²) in [5.74, 6) is 0.273. The number of nitrogens with zero attached hydrogens (tertiary/aromatic N) is 1. The van der Waals surface area contributed by atoms with Gasteiger partial charge in [0.2, 0.25) is 0 Å². The van der Waals surface area contributed by atoms with Crippen LogP contribution < -0.4 is 5.32 Å². The molecule has 0 bridgehead atoms. The zero-order valence-electron chi connectivity index (χ0n) is 13.1. The van der Waals surface area contributed by atoms with Gasteiger partial charge in [-0.1, -0.05) is 6.92 Å². The Balaban J connectivity index is 2.12. The van der Waals surface area contributed by atoms with Crippen molar-refractivity contribution < 1.29 is 14.3 Å². The minimum atomic E-state index is -0.555. The number of hydrogen-bond donors (Lipinski definition) is 1. The third-order valence-corrected chi connectivity index (χ3v) is 4.72. The summed E-state index contributed by atoms with van der Waals surface area (Å²) in [6, 6.07) is 0.386. The zero-order valence-corrected chi connectivity index (χ0v) is 13.1. The number of nitrogens with one attached hydrogen (secondary N) is 1. The van der Waals surface area contributed by atoms with Gasteiger partial charge in [-0.15, -0.1) is 0 Å². The number of carbonyl (C=O) groups is 1. The van der Waals surface area contributed by atoms with E-state index in [9.17, 15) is 4.79 Å². The van der Waals surface area contributed by atoms with Crippen LogP contribution in [0.3, 0.4) is 0 Å². The van der Waals surface area contributed by atoms with Gasteiger partial charge in [-0.25, -0.2) is 4.79 Å². The van der Waals surface area contributed by atoms with Gasteiger partial charge in [-0.2, -0.15) is 0 Å². The lowest BCUT2D eigenvalue weighted by Gasteiger charge is -2.38. The fraction of sp³-hybridized carbons (Fsp3) is 0.933. The van der Waals surface area contributed by atoms with Crippen LogP contribution in [0, 0.1) is 5.92 Å². The van der Waals surface area contributed by atoms with Gasteiger partial charge in [-0.3, -0.25) is 4.90 Å². The average molecular weight is 284 g/mol. The minimum absolute atomic E-state index is 0.125. The number of likely N-dealkylation sites (N-methyl/N-ethyl adjacent to an activating group) is 2. The summed E-state index contributed by atoms with van der Waals surface area (Å²) in [4.78, 5) is 14.7. The molecule has 20 heavy (non-hydrogen) atoms. The van der Waals surface area contributed by atoms with Crippen molar-refractivity contribution in [2.75, 3.05) is 33.9 Å². The SMILES string of the molecule is CCNC(CN(C)C1CCOC1C)(C(=O)OC)C1CC1. The van der Waals surface area contributed by atoms with Crippen LogP contribution in [0.2, 0.25) is 0 Å². The number of hydrogen-bond acceptors (Lipinski definition) is 5. The molecule has 1 N–H and O–H groups in total. The predicted molar refractivity (Wildman–Crippen MR) is 77.6 cm³/mol. The van der Waals surface area contributed by atoms with E-state index >= 15 is 0 Å². The highest BCUT2D eigenvalue weighted by Crippen LogP contribution is 2.41. The van der Waals surface area contributed by atoms with Crippen molar-refractivity contribution in [2.24, 2.45) is 5.92 Å². The van der Waals surface area contributed by atoms with Crippen molar-refractivity contribution in [2.45, 2.75) is 50.8 Å². The molecule has 5 heteroatoms. The van der Waals surface area contributed by atoms with Gasteiger partial charge in [0.25, 0.3) is 0 Å². The molecule has 2 rings (SSSR count). The van der Waals surface area contributed by atoms with Crippen LogP contribution in [0.25, 0.3) is 0 Å². The maximum absolute atomic E-state index is 12.4. The van der Waals surface area contributed by atoms with E-state index in [2.05, 4.69) is 24.2 Å². The molecule has 3 atom stereocenters. The second-order valence-electron chi connectivity index (χ2n) is 6.11. The highest BCUT2D eigenvalue weighted by atomic mass is 16.5. The molecule has 2 fully saturated rings. The molecule has 5 nitrogen and oxygen atoms in total. The normalized spacial score (nSPS) is 29.4. The summed E-state index contributed by atoms with van der Waals surface area (Å²) < 4.78 is 10.7. The fourth-order valence-electron chi connectivity index (χ4n) is 3.52. The van der Waals surface area contributed by atoms with Crippen molar-refractivity contribution in [1.29, 1.82) is 0 Å². The van der Waals surface area contributed by atoms with Crippen LogP contribution in [0.4, 0.5) is 0 Å². The van der Waals surface area contributed by atoms with E-state index in [0.29, 0.717) is 18.5 Å². The minimum Gasteiger partial charge on any atom is -0.468 e. The number of carbonyl (C=O) groups excluding carboxylic acids is 1. The Bertz CT molecular complexity index is 346. The van der Waals surface area contributed by atoms with Crippen LogP contribution in [0.1, 0.15) is 33.1 Å². The van der Waals surface area contributed by atoms with Gasteiger partial charge < -0.3 is 14.8 Å². The quantitative estimate of drug-likeness (QED) is 0.708. The van der Waals surface area contributed by atoms with E-state index in [4.69, 9.17) is 9.47 Å². The fourth-order valence-corrected chi connectivity index (χ4v) is 3.52. The summed E-state index contributed by atoms with van der Waals surface area (Å²) in [5.41, 5.74) is -0.555. The Hall–Kier alpha value is -0.650. The molecule has 1 saturated carbocycles. The summed E-state index contributed by atoms with van der Waals surface area (Å²) in [7, 11) is 3.57. The van der Waals surface area contributed by atoms with Gasteiger partial charge in [0.1, 0.15) is 5.54 Å². The van der Waals surface area contributed by atoms with Crippen LogP contribution in [0.5, 0.6) is 0 Å². The first-order valence-electron chi connectivity index (χ1n) is 7.70. The third-order valence-electron chi connectivity index (χ3n) is 4.72. The second kappa shape index (κ2) is 6.41. The number of ether oxygens (including phenoxy) is 2. The van der Waals surface area contributed by atoms with Crippen molar-refractivity contribution in [3.63, 3.8) is 0 Å². The number of methoxy groups -OCH3 is 1. The highest BCUT2D eigenvalue weighted by Gasteiger charge is 2.52. The molecule has 0 aromatic rings. The summed E-state index contributed by atoms with van der Waals surface area (Å²) in [5, 5.41) is 3.42. The number of rotatable bonds is 7. The molecule has 0 radical (unpaired) electrons. The van der Waals surface area contributed by atoms with Gasteiger partial charge >= 0.3 is 5.97 Å². The summed E-state index contributed by atoms with van der Waals surface area (Å²) in [6.45, 7) is 6.43. The van der Waals surface area contributed by atoms with Crippen molar-refractivity contribution in [3.05, 3.63) is 0 Å². The average Bonchev–Trinajstić information content (AvgIpc) is 3.19. The third kappa shape index (κ3) is 3.00. The Morgan fingerprint density at radius 1 is 1.45 bits per heavy atom. The van der Waals surface area contributed by atoms with Gasteiger partial charge in [0.05, 0.1) is 13.2 Å². The van der Waals surface area contributed by atoms with Crippen molar-refractivity contribution >= 4 is 5.97 Å². The lowest BCUT2D eigenvalue weighted by Crippen LogP contribution is -2.62. The van der Waals surface area contributed by atoms with E-state index in [1.54, 1.807) is 0 Å².